The van der Waals surface area contributed by atoms with E-state index in [1.807, 2.05) is 42.5 Å². The first-order valence-corrected chi connectivity index (χ1v) is 7.63. The molecule has 0 spiro atoms. The molecular weight excluding hydrogens is 304 g/mol. The zero-order valence-corrected chi connectivity index (χ0v) is 13.6. The number of rotatable bonds is 6. The maximum Gasteiger partial charge on any atom is 0.315 e. The maximum atomic E-state index is 12.1. The number of nitrogens with two attached hydrogens (primary N) is 2. The predicted octanol–water partition coefficient (Wildman–Crippen LogP) is 1.55. The molecule has 0 saturated carbocycles. The van der Waals surface area contributed by atoms with Gasteiger partial charge in [0.1, 0.15) is 5.54 Å². The van der Waals surface area contributed by atoms with Crippen LogP contribution in [0.4, 0.5) is 10.5 Å². The smallest absolute Gasteiger partial charge is 0.315 e. The van der Waals surface area contributed by atoms with Gasteiger partial charge in [-0.2, -0.15) is 0 Å². The standard InChI is InChI=1S/C18H22N4O2/c1-18(16(20)23,11-13-5-3-2-4-6-13)22-17(24)21-12-14-7-9-15(19)10-8-14/h2-10H,11-12,19H2,1H3,(H2,20,23)(H2,21,22,24). The number of carbonyl (C=O) groups is 2. The van der Waals surface area contributed by atoms with Crippen LogP contribution in [0.1, 0.15) is 18.1 Å². The van der Waals surface area contributed by atoms with Crippen molar-refractivity contribution in [3.05, 3.63) is 65.7 Å². The maximum absolute atomic E-state index is 12.1. The van der Waals surface area contributed by atoms with Gasteiger partial charge in [-0.25, -0.2) is 4.79 Å². The van der Waals surface area contributed by atoms with E-state index >= 15 is 0 Å². The van der Waals surface area contributed by atoms with Gasteiger partial charge in [0.25, 0.3) is 0 Å². The molecule has 2 aromatic carbocycles. The number of primary amides is 1. The van der Waals surface area contributed by atoms with Gasteiger partial charge in [0.15, 0.2) is 0 Å². The normalized spacial score (nSPS) is 12.9. The van der Waals surface area contributed by atoms with Crippen LogP contribution in [0.15, 0.2) is 54.6 Å². The molecular formula is C18H22N4O2. The first-order chi connectivity index (χ1) is 11.4. The zero-order chi connectivity index (χ0) is 17.6. The third-order valence-corrected chi connectivity index (χ3v) is 3.77. The number of carbonyl (C=O) groups excluding carboxylic acids is 2. The van der Waals surface area contributed by atoms with E-state index in [-0.39, 0.29) is 0 Å². The molecule has 6 heteroatoms. The summed E-state index contributed by atoms with van der Waals surface area (Å²) in [5, 5.41) is 5.39. The van der Waals surface area contributed by atoms with Gasteiger partial charge in [0, 0.05) is 18.7 Å². The van der Waals surface area contributed by atoms with Gasteiger partial charge < -0.3 is 22.1 Å². The molecule has 24 heavy (non-hydrogen) atoms. The Morgan fingerprint density at radius 2 is 1.62 bits per heavy atom. The number of nitrogens with one attached hydrogen (secondary N) is 2. The fraction of sp³-hybridized carbons (Fsp3) is 0.222. The van der Waals surface area contributed by atoms with Crippen molar-refractivity contribution in [3.8, 4) is 0 Å². The van der Waals surface area contributed by atoms with Crippen molar-refractivity contribution >= 4 is 17.6 Å². The Labute approximate surface area is 141 Å². The predicted molar refractivity (Wildman–Crippen MR) is 94.0 cm³/mol. The quantitative estimate of drug-likeness (QED) is 0.604. The molecule has 6 nitrogen and oxygen atoms in total. The summed E-state index contributed by atoms with van der Waals surface area (Å²) < 4.78 is 0. The lowest BCUT2D eigenvalue weighted by Crippen LogP contribution is -2.58. The highest BCUT2D eigenvalue weighted by Crippen LogP contribution is 2.13. The molecule has 1 unspecified atom stereocenters. The number of anilines is 1. The molecule has 0 aliphatic rings. The summed E-state index contributed by atoms with van der Waals surface area (Å²) in [7, 11) is 0. The van der Waals surface area contributed by atoms with E-state index in [0.29, 0.717) is 18.7 Å². The number of nitrogen functional groups attached to an aromatic ring is 1. The monoisotopic (exact) mass is 326 g/mol. The second-order valence-corrected chi connectivity index (χ2v) is 5.91. The van der Waals surface area contributed by atoms with Crippen molar-refractivity contribution in [2.75, 3.05) is 5.73 Å². The summed E-state index contributed by atoms with van der Waals surface area (Å²) in [6.07, 6.45) is 0.318. The van der Waals surface area contributed by atoms with E-state index in [1.165, 1.54) is 0 Å². The van der Waals surface area contributed by atoms with Crippen molar-refractivity contribution in [3.63, 3.8) is 0 Å². The first kappa shape index (κ1) is 17.3. The Hall–Kier alpha value is -3.02. The molecule has 0 bridgehead atoms. The summed E-state index contributed by atoms with van der Waals surface area (Å²) >= 11 is 0. The molecule has 0 fully saturated rings. The van der Waals surface area contributed by atoms with E-state index in [1.54, 1.807) is 19.1 Å². The fourth-order valence-corrected chi connectivity index (χ4v) is 2.31. The minimum atomic E-state index is -1.17. The fourth-order valence-electron chi connectivity index (χ4n) is 2.31. The Morgan fingerprint density at radius 1 is 1.00 bits per heavy atom. The summed E-state index contributed by atoms with van der Waals surface area (Å²) in [5.41, 5.74) is 12.4. The van der Waals surface area contributed by atoms with Crippen molar-refractivity contribution < 1.29 is 9.59 Å². The molecule has 2 rings (SSSR count). The van der Waals surface area contributed by atoms with Gasteiger partial charge in [-0.3, -0.25) is 4.79 Å². The number of hydrogen-bond acceptors (Lipinski definition) is 3. The topological polar surface area (TPSA) is 110 Å². The van der Waals surface area contributed by atoms with E-state index in [4.69, 9.17) is 11.5 Å². The second-order valence-electron chi connectivity index (χ2n) is 5.91. The molecule has 3 amide bonds. The van der Waals surface area contributed by atoms with Crippen LogP contribution in [0.3, 0.4) is 0 Å². The number of urea groups is 1. The molecule has 2 aromatic rings. The third-order valence-electron chi connectivity index (χ3n) is 3.77. The average Bonchev–Trinajstić information content (AvgIpc) is 2.55. The zero-order valence-electron chi connectivity index (χ0n) is 13.6. The molecule has 0 aromatic heterocycles. The van der Waals surface area contributed by atoms with Crippen LogP contribution in [0.25, 0.3) is 0 Å². The number of benzene rings is 2. The molecule has 0 heterocycles. The lowest BCUT2D eigenvalue weighted by Gasteiger charge is -2.27. The second kappa shape index (κ2) is 7.50. The van der Waals surface area contributed by atoms with Gasteiger partial charge in [-0.1, -0.05) is 42.5 Å². The van der Waals surface area contributed by atoms with E-state index in [0.717, 1.165) is 11.1 Å². The van der Waals surface area contributed by atoms with Gasteiger partial charge in [0.2, 0.25) is 5.91 Å². The minimum absolute atomic E-state index is 0.318. The lowest BCUT2D eigenvalue weighted by molar-refractivity contribution is -0.123. The molecule has 0 aliphatic carbocycles. The van der Waals surface area contributed by atoms with Crippen LogP contribution in [-0.4, -0.2) is 17.5 Å². The molecule has 0 aliphatic heterocycles. The van der Waals surface area contributed by atoms with Gasteiger partial charge in [-0.05, 0) is 30.2 Å². The summed E-state index contributed by atoms with van der Waals surface area (Å²) in [6.45, 7) is 1.94. The van der Waals surface area contributed by atoms with Crippen LogP contribution in [0.5, 0.6) is 0 Å². The molecule has 0 saturated heterocycles. The molecule has 0 radical (unpaired) electrons. The molecule has 6 N–H and O–H groups in total. The SMILES string of the molecule is CC(Cc1ccccc1)(NC(=O)NCc1ccc(N)cc1)C(N)=O. The highest BCUT2D eigenvalue weighted by atomic mass is 16.2. The van der Waals surface area contributed by atoms with Crippen molar-refractivity contribution in [1.29, 1.82) is 0 Å². The molecule has 1 atom stereocenters. The Morgan fingerprint density at radius 3 is 2.21 bits per heavy atom. The van der Waals surface area contributed by atoms with Gasteiger partial charge in [0.05, 0.1) is 0 Å². The van der Waals surface area contributed by atoms with Crippen LogP contribution in [0, 0.1) is 0 Å². The van der Waals surface area contributed by atoms with Gasteiger partial charge in [-0.15, -0.1) is 0 Å². The van der Waals surface area contributed by atoms with Crippen molar-refractivity contribution in [2.24, 2.45) is 5.73 Å². The Bertz CT molecular complexity index is 701. The van der Waals surface area contributed by atoms with E-state index < -0.39 is 17.5 Å². The summed E-state index contributed by atoms with van der Waals surface area (Å²) in [6, 6.07) is 16.1. The minimum Gasteiger partial charge on any atom is -0.399 e. The highest BCUT2D eigenvalue weighted by Gasteiger charge is 2.33. The molecule has 126 valence electrons. The van der Waals surface area contributed by atoms with Gasteiger partial charge >= 0.3 is 6.03 Å². The Kier molecular flexibility index (Phi) is 5.42. The van der Waals surface area contributed by atoms with Crippen molar-refractivity contribution in [2.45, 2.75) is 25.4 Å². The average molecular weight is 326 g/mol. The first-order valence-electron chi connectivity index (χ1n) is 7.63. The number of hydrogen-bond donors (Lipinski definition) is 4. The van der Waals surface area contributed by atoms with Crippen molar-refractivity contribution in [1.82, 2.24) is 10.6 Å². The van der Waals surface area contributed by atoms with Crippen LogP contribution in [0.2, 0.25) is 0 Å². The summed E-state index contributed by atoms with van der Waals surface area (Å²) in [4.78, 5) is 24.0. The van der Waals surface area contributed by atoms with E-state index in [2.05, 4.69) is 10.6 Å². The van der Waals surface area contributed by atoms with Crippen LogP contribution >= 0.6 is 0 Å². The Balaban J connectivity index is 1.97. The van der Waals surface area contributed by atoms with Crippen LogP contribution < -0.4 is 22.1 Å². The lowest BCUT2D eigenvalue weighted by atomic mass is 9.92. The van der Waals surface area contributed by atoms with Crippen LogP contribution in [-0.2, 0) is 17.8 Å². The van der Waals surface area contributed by atoms with E-state index in [9.17, 15) is 9.59 Å². The third kappa shape index (κ3) is 4.74. The highest BCUT2D eigenvalue weighted by molar-refractivity contribution is 5.89. The number of amides is 3. The summed E-state index contributed by atoms with van der Waals surface area (Å²) in [5.74, 6) is -0.589. The largest absolute Gasteiger partial charge is 0.399 e.